The molecule has 0 aliphatic carbocycles. The van der Waals surface area contributed by atoms with Crippen molar-refractivity contribution in [3.05, 3.63) is 47.5 Å². The summed E-state index contributed by atoms with van der Waals surface area (Å²) in [6.45, 7) is 14.5. The Hall–Kier alpha value is -1.12. The summed E-state index contributed by atoms with van der Waals surface area (Å²) in [7, 11) is 2.15. The molecular formula is C17H28N2. The molecule has 1 aromatic rings. The Bertz CT molecular complexity index is 396. The molecule has 1 N–H and O–H groups in total. The lowest BCUT2D eigenvalue weighted by Crippen LogP contribution is -2.23. The smallest absolute Gasteiger partial charge is 0.0237 e. The molecule has 0 fully saturated rings. The van der Waals surface area contributed by atoms with E-state index in [4.69, 9.17) is 0 Å². The summed E-state index contributed by atoms with van der Waals surface area (Å²) in [5.41, 5.74) is 4.01. The lowest BCUT2D eigenvalue weighted by atomic mass is 10.1. The van der Waals surface area contributed by atoms with E-state index in [1.807, 2.05) is 0 Å². The fourth-order valence-corrected chi connectivity index (χ4v) is 2.19. The summed E-state index contributed by atoms with van der Waals surface area (Å²) in [6, 6.07) is 8.68. The molecule has 0 saturated carbocycles. The van der Waals surface area contributed by atoms with Gasteiger partial charge in [0.25, 0.3) is 0 Å². The molecule has 0 bridgehead atoms. The number of likely N-dealkylation sites (N-methyl/N-ethyl adjacent to an activating group) is 1. The molecule has 106 valence electrons. The molecule has 0 aliphatic heterocycles. The van der Waals surface area contributed by atoms with Crippen molar-refractivity contribution in [1.29, 1.82) is 0 Å². The van der Waals surface area contributed by atoms with Crippen molar-refractivity contribution in [3.63, 3.8) is 0 Å². The van der Waals surface area contributed by atoms with E-state index in [1.54, 1.807) is 0 Å². The third kappa shape index (κ3) is 6.55. The van der Waals surface area contributed by atoms with Gasteiger partial charge in [0.1, 0.15) is 0 Å². The average molecular weight is 260 g/mol. The highest BCUT2D eigenvalue weighted by Gasteiger charge is 2.05. The van der Waals surface area contributed by atoms with Gasteiger partial charge in [0.05, 0.1) is 0 Å². The Labute approximate surface area is 118 Å². The summed E-state index contributed by atoms with van der Waals surface area (Å²) < 4.78 is 0. The van der Waals surface area contributed by atoms with Gasteiger partial charge in [-0.25, -0.2) is 0 Å². The third-order valence-electron chi connectivity index (χ3n) is 2.97. The highest BCUT2D eigenvalue weighted by Crippen LogP contribution is 2.11. The van der Waals surface area contributed by atoms with Crippen LogP contribution in [0.2, 0.25) is 0 Å². The van der Waals surface area contributed by atoms with Crippen LogP contribution >= 0.6 is 0 Å². The number of nitrogens with one attached hydrogen (secondary N) is 1. The Kier molecular flexibility index (Phi) is 6.82. The summed E-state index contributed by atoms with van der Waals surface area (Å²) >= 11 is 0. The van der Waals surface area contributed by atoms with Crippen LogP contribution in [0.3, 0.4) is 0 Å². The first-order valence-electron chi connectivity index (χ1n) is 7.09. The van der Waals surface area contributed by atoms with Crippen molar-refractivity contribution in [2.45, 2.75) is 33.9 Å². The van der Waals surface area contributed by atoms with Crippen LogP contribution in [0.4, 0.5) is 0 Å². The maximum Gasteiger partial charge on any atom is 0.0237 e. The monoisotopic (exact) mass is 260 g/mol. The first kappa shape index (κ1) is 15.9. The minimum absolute atomic E-state index is 0.693. The van der Waals surface area contributed by atoms with E-state index in [0.29, 0.717) is 5.92 Å². The van der Waals surface area contributed by atoms with Gasteiger partial charge in [-0.3, -0.25) is 4.90 Å². The van der Waals surface area contributed by atoms with Gasteiger partial charge in [0.15, 0.2) is 0 Å². The maximum atomic E-state index is 3.97. The van der Waals surface area contributed by atoms with Gasteiger partial charge < -0.3 is 5.32 Å². The van der Waals surface area contributed by atoms with Crippen LogP contribution in [0, 0.1) is 5.92 Å². The van der Waals surface area contributed by atoms with Gasteiger partial charge in [0, 0.05) is 19.6 Å². The zero-order chi connectivity index (χ0) is 14.3. The lowest BCUT2D eigenvalue weighted by Gasteiger charge is -2.19. The Morgan fingerprint density at radius 3 is 2.47 bits per heavy atom. The summed E-state index contributed by atoms with van der Waals surface area (Å²) in [5.74, 6) is 0.693. The van der Waals surface area contributed by atoms with E-state index < -0.39 is 0 Å². The molecule has 0 aromatic heterocycles. The van der Waals surface area contributed by atoms with Crippen molar-refractivity contribution in [1.82, 2.24) is 10.2 Å². The largest absolute Gasteiger partial charge is 0.312 e. The minimum Gasteiger partial charge on any atom is -0.312 e. The summed E-state index contributed by atoms with van der Waals surface area (Å²) in [6.07, 6.45) is 0. The Balaban J connectivity index is 2.59. The zero-order valence-electron chi connectivity index (χ0n) is 12.9. The normalized spacial score (nSPS) is 11.3. The molecule has 0 radical (unpaired) electrons. The topological polar surface area (TPSA) is 15.3 Å². The molecule has 2 nitrogen and oxygen atoms in total. The van der Waals surface area contributed by atoms with E-state index in [-0.39, 0.29) is 0 Å². The number of rotatable bonds is 8. The first-order chi connectivity index (χ1) is 8.99. The second-order valence-corrected chi connectivity index (χ2v) is 5.92. The molecule has 0 aliphatic rings. The van der Waals surface area contributed by atoms with Gasteiger partial charge in [0.2, 0.25) is 0 Å². The van der Waals surface area contributed by atoms with Crippen LogP contribution in [0.1, 0.15) is 31.9 Å². The van der Waals surface area contributed by atoms with Crippen molar-refractivity contribution < 1.29 is 0 Å². The van der Waals surface area contributed by atoms with Gasteiger partial charge in [-0.15, -0.1) is 0 Å². The van der Waals surface area contributed by atoms with E-state index in [0.717, 1.165) is 26.2 Å². The van der Waals surface area contributed by atoms with Gasteiger partial charge in [-0.05, 0) is 37.6 Å². The standard InChI is InChI=1S/C17H28N2/c1-14(2)10-18-11-16-8-6-7-9-17(16)13-19(5)12-15(3)4/h6-9,14,18H,3,10-13H2,1-2,4-5H3. The van der Waals surface area contributed by atoms with Crippen LogP contribution in [0.25, 0.3) is 0 Å². The quantitative estimate of drug-likeness (QED) is 0.720. The Morgan fingerprint density at radius 1 is 1.26 bits per heavy atom. The van der Waals surface area contributed by atoms with E-state index in [2.05, 4.69) is 68.9 Å². The second-order valence-electron chi connectivity index (χ2n) is 5.92. The summed E-state index contributed by atoms with van der Waals surface area (Å²) in [4.78, 5) is 2.31. The molecule has 0 atom stereocenters. The fourth-order valence-electron chi connectivity index (χ4n) is 2.19. The molecule has 0 heterocycles. The Morgan fingerprint density at radius 2 is 1.89 bits per heavy atom. The molecule has 2 heteroatoms. The van der Waals surface area contributed by atoms with Gasteiger partial charge in [-0.2, -0.15) is 0 Å². The molecule has 0 unspecified atom stereocenters. The zero-order valence-corrected chi connectivity index (χ0v) is 12.9. The molecule has 0 spiro atoms. The van der Waals surface area contributed by atoms with Crippen molar-refractivity contribution in [3.8, 4) is 0 Å². The molecule has 19 heavy (non-hydrogen) atoms. The van der Waals surface area contributed by atoms with Gasteiger partial charge >= 0.3 is 0 Å². The van der Waals surface area contributed by atoms with E-state index in [1.165, 1.54) is 16.7 Å². The first-order valence-corrected chi connectivity index (χ1v) is 7.09. The van der Waals surface area contributed by atoms with Crippen molar-refractivity contribution in [2.24, 2.45) is 5.92 Å². The van der Waals surface area contributed by atoms with E-state index >= 15 is 0 Å². The van der Waals surface area contributed by atoms with Crippen molar-refractivity contribution >= 4 is 0 Å². The molecule has 0 amide bonds. The average Bonchev–Trinajstić information content (AvgIpc) is 2.29. The fraction of sp³-hybridized carbons (Fsp3) is 0.529. The number of nitrogens with zero attached hydrogens (tertiary/aromatic N) is 1. The van der Waals surface area contributed by atoms with Crippen LogP contribution in [-0.2, 0) is 13.1 Å². The predicted molar refractivity (Wildman–Crippen MR) is 84.1 cm³/mol. The van der Waals surface area contributed by atoms with Crippen LogP contribution < -0.4 is 5.32 Å². The highest BCUT2D eigenvalue weighted by molar-refractivity contribution is 5.27. The molecule has 1 aromatic carbocycles. The molecule has 1 rings (SSSR count). The SMILES string of the molecule is C=C(C)CN(C)Cc1ccccc1CNCC(C)C. The summed E-state index contributed by atoms with van der Waals surface area (Å²) in [5, 5.41) is 3.52. The minimum atomic E-state index is 0.693. The lowest BCUT2D eigenvalue weighted by molar-refractivity contribution is 0.354. The number of hydrogen-bond acceptors (Lipinski definition) is 2. The molecular weight excluding hydrogens is 232 g/mol. The predicted octanol–water partition coefficient (Wildman–Crippen LogP) is 3.44. The van der Waals surface area contributed by atoms with Crippen LogP contribution in [0.15, 0.2) is 36.4 Å². The number of hydrogen-bond donors (Lipinski definition) is 1. The van der Waals surface area contributed by atoms with Crippen LogP contribution in [-0.4, -0.2) is 25.0 Å². The van der Waals surface area contributed by atoms with Crippen LogP contribution in [0.5, 0.6) is 0 Å². The second kappa shape index (κ2) is 8.13. The van der Waals surface area contributed by atoms with E-state index in [9.17, 15) is 0 Å². The van der Waals surface area contributed by atoms with Gasteiger partial charge in [-0.1, -0.05) is 50.3 Å². The number of benzene rings is 1. The van der Waals surface area contributed by atoms with Crippen molar-refractivity contribution in [2.75, 3.05) is 20.1 Å². The highest BCUT2D eigenvalue weighted by atomic mass is 15.1. The molecule has 0 saturated heterocycles. The third-order valence-corrected chi connectivity index (χ3v) is 2.97. The maximum absolute atomic E-state index is 3.97.